The van der Waals surface area contributed by atoms with Gasteiger partial charge in [0.05, 0.1) is 6.54 Å². The number of anilines is 1. The van der Waals surface area contributed by atoms with Crippen LogP contribution in [0.25, 0.3) is 0 Å². The normalized spacial score (nSPS) is 13.4. The van der Waals surface area contributed by atoms with E-state index in [0.29, 0.717) is 16.9 Å². The van der Waals surface area contributed by atoms with Gasteiger partial charge in [-0.3, -0.25) is 14.9 Å². The Morgan fingerprint density at radius 1 is 1.28 bits per heavy atom. The van der Waals surface area contributed by atoms with Gasteiger partial charge in [0.2, 0.25) is 11.9 Å². The summed E-state index contributed by atoms with van der Waals surface area (Å²) in [6, 6.07) is 5.31. The number of carbonyl (C=O) groups excluding carboxylic acids is 2. The third-order valence-electron chi connectivity index (χ3n) is 4.08. The zero-order valence-corrected chi connectivity index (χ0v) is 14.3. The molecule has 7 heteroatoms. The van der Waals surface area contributed by atoms with Crippen LogP contribution in [-0.2, 0) is 4.79 Å². The molecule has 1 aliphatic carbocycles. The second kappa shape index (κ2) is 7.05. The van der Waals surface area contributed by atoms with Gasteiger partial charge in [-0.1, -0.05) is 17.6 Å². The molecule has 0 unspecified atom stereocenters. The van der Waals surface area contributed by atoms with E-state index in [1.807, 2.05) is 13.0 Å². The van der Waals surface area contributed by atoms with Gasteiger partial charge in [0, 0.05) is 25.0 Å². The number of hydrogen-bond acceptors (Lipinski definition) is 4. The van der Waals surface area contributed by atoms with Gasteiger partial charge >= 0.3 is 0 Å². The second-order valence-electron chi connectivity index (χ2n) is 6.41. The molecule has 1 fully saturated rings. The molecule has 2 aromatic rings. The number of carbonyl (C=O) groups is 2. The lowest BCUT2D eigenvalue weighted by atomic mass is 9.90. The Bertz CT molecular complexity index is 803. The molecule has 2 amide bonds. The van der Waals surface area contributed by atoms with Gasteiger partial charge in [0.25, 0.3) is 5.91 Å². The van der Waals surface area contributed by atoms with Crippen LogP contribution in [0.15, 0.2) is 30.6 Å². The molecule has 25 heavy (non-hydrogen) atoms. The molecule has 126 valence electrons. The first-order valence-corrected chi connectivity index (χ1v) is 8.17. The highest BCUT2D eigenvalue weighted by atomic mass is 16.2. The van der Waals surface area contributed by atoms with Crippen LogP contribution in [0, 0.1) is 6.92 Å². The lowest BCUT2D eigenvalue weighted by Gasteiger charge is -2.19. The highest BCUT2D eigenvalue weighted by Crippen LogP contribution is 2.41. The molecule has 0 spiro atoms. The van der Waals surface area contributed by atoms with Crippen LogP contribution >= 0.6 is 0 Å². The maximum absolute atomic E-state index is 12.7. The Morgan fingerprint density at radius 3 is 2.60 bits per heavy atom. The van der Waals surface area contributed by atoms with Crippen molar-refractivity contribution >= 4 is 31.1 Å². The van der Waals surface area contributed by atoms with Gasteiger partial charge in [-0.15, -0.1) is 0 Å². The van der Waals surface area contributed by atoms with Crippen LogP contribution in [0.4, 0.5) is 5.95 Å². The minimum atomic E-state index is -0.344. The van der Waals surface area contributed by atoms with Crippen LogP contribution in [0.3, 0.4) is 0 Å². The average Bonchev–Trinajstić information content (AvgIpc) is 3.41. The first-order chi connectivity index (χ1) is 11.9. The summed E-state index contributed by atoms with van der Waals surface area (Å²) in [7, 11) is 7.45. The molecule has 2 radical (unpaired) electrons. The van der Waals surface area contributed by atoms with Crippen molar-refractivity contribution < 1.29 is 9.59 Å². The highest BCUT2D eigenvalue weighted by molar-refractivity contribution is 6.32. The van der Waals surface area contributed by atoms with Crippen molar-refractivity contribution in [2.75, 3.05) is 18.9 Å². The van der Waals surface area contributed by atoms with Crippen molar-refractivity contribution in [3.05, 3.63) is 47.3 Å². The third-order valence-corrected chi connectivity index (χ3v) is 4.08. The Hall–Kier alpha value is -2.70. The number of nitrogens with one attached hydrogen (secondary N) is 1. The molecular weight excluding hydrogens is 315 g/mol. The fraction of sp³-hybridized carbons (Fsp3) is 0.333. The third kappa shape index (κ3) is 4.23. The summed E-state index contributed by atoms with van der Waals surface area (Å²) in [5, 5.41) is 2.59. The van der Waals surface area contributed by atoms with Gasteiger partial charge in [-0.25, -0.2) is 9.97 Å². The van der Waals surface area contributed by atoms with Gasteiger partial charge in [-0.05, 0) is 42.9 Å². The highest BCUT2D eigenvalue weighted by Gasteiger charge is 2.29. The number of hydrogen-bond donors (Lipinski definition) is 1. The quantitative estimate of drug-likeness (QED) is 0.833. The minimum absolute atomic E-state index is 0.0788. The van der Waals surface area contributed by atoms with E-state index in [1.165, 1.54) is 4.90 Å². The van der Waals surface area contributed by atoms with E-state index in [4.69, 9.17) is 7.85 Å². The molecule has 3 rings (SSSR count). The van der Waals surface area contributed by atoms with E-state index in [1.54, 1.807) is 31.6 Å². The minimum Gasteiger partial charge on any atom is -0.332 e. The zero-order chi connectivity index (χ0) is 18.0. The van der Waals surface area contributed by atoms with Crippen molar-refractivity contribution in [1.29, 1.82) is 0 Å². The van der Waals surface area contributed by atoms with E-state index >= 15 is 0 Å². The van der Waals surface area contributed by atoms with E-state index < -0.39 is 0 Å². The standard InChI is InChI=1S/C18H19BN4O2/c1-11-8-20-18(21-9-11)22-16(24)10-23(2)17(25)14-6-5-13(19)7-15(14)12-3-4-12/h5-9,12H,3-4,10H2,1-2H3,(H,20,21,22,24). The summed E-state index contributed by atoms with van der Waals surface area (Å²) in [5.41, 5.74) is 3.13. The van der Waals surface area contributed by atoms with Gasteiger partial charge in [0.1, 0.15) is 7.85 Å². The molecular formula is C18H19BN4O2. The van der Waals surface area contributed by atoms with Crippen molar-refractivity contribution in [2.24, 2.45) is 0 Å². The number of likely N-dealkylation sites (N-methyl/N-ethyl adjacent to an activating group) is 1. The van der Waals surface area contributed by atoms with Crippen LogP contribution in [-0.4, -0.2) is 48.1 Å². The van der Waals surface area contributed by atoms with E-state index in [2.05, 4.69) is 15.3 Å². The summed E-state index contributed by atoms with van der Waals surface area (Å²) < 4.78 is 0. The van der Waals surface area contributed by atoms with Gasteiger partial charge < -0.3 is 4.90 Å². The van der Waals surface area contributed by atoms with Crippen LogP contribution in [0.1, 0.15) is 40.2 Å². The first kappa shape index (κ1) is 17.1. The maximum Gasteiger partial charge on any atom is 0.254 e. The average molecular weight is 334 g/mol. The van der Waals surface area contributed by atoms with Gasteiger partial charge in [0.15, 0.2) is 0 Å². The summed E-state index contributed by atoms with van der Waals surface area (Å²) in [5.74, 6) is 0.0817. The molecule has 6 nitrogen and oxygen atoms in total. The zero-order valence-electron chi connectivity index (χ0n) is 14.3. The monoisotopic (exact) mass is 334 g/mol. The Labute approximate surface area is 148 Å². The molecule has 0 aliphatic heterocycles. The molecule has 0 bridgehead atoms. The van der Waals surface area contributed by atoms with Crippen molar-refractivity contribution in [3.63, 3.8) is 0 Å². The number of aromatic nitrogens is 2. The SMILES string of the molecule is [B]c1ccc(C(=O)N(C)CC(=O)Nc2ncc(C)cn2)c(C2CC2)c1. The van der Waals surface area contributed by atoms with Crippen molar-refractivity contribution in [2.45, 2.75) is 25.7 Å². The van der Waals surface area contributed by atoms with Gasteiger partial charge in [-0.2, -0.15) is 0 Å². The Kier molecular flexibility index (Phi) is 4.83. The number of rotatable bonds is 5. The molecule has 1 saturated carbocycles. The second-order valence-corrected chi connectivity index (χ2v) is 6.41. The predicted molar refractivity (Wildman–Crippen MR) is 96.2 cm³/mol. The molecule has 1 N–H and O–H groups in total. The van der Waals surface area contributed by atoms with Crippen LogP contribution < -0.4 is 10.8 Å². The smallest absolute Gasteiger partial charge is 0.254 e. The Morgan fingerprint density at radius 2 is 1.96 bits per heavy atom. The summed E-state index contributed by atoms with van der Waals surface area (Å²) >= 11 is 0. The summed E-state index contributed by atoms with van der Waals surface area (Å²) in [6.45, 7) is 1.78. The van der Waals surface area contributed by atoms with Crippen molar-refractivity contribution in [3.8, 4) is 0 Å². The fourth-order valence-corrected chi connectivity index (χ4v) is 2.62. The van der Waals surface area contributed by atoms with E-state index in [0.717, 1.165) is 24.0 Å². The maximum atomic E-state index is 12.7. The lowest BCUT2D eigenvalue weighted by Crippen LogP contribution is -2.35. The van der Waals surface area contributed by atoms with E-state index in [-0.39, 0.29) is 24.3 Å². The number of amides is 2. The van der Waals surface area contributed by atoms with Crippen LogP contribution in [0.2, 0.25) is 0 Å². The fourth-order valence-electron chi connectivity index (χ4n) is 2.62. The Balaban J connectivity index is 1.66. The van der Waals surface area contributed by atoms with Crippen molar-refractivity contribution in [1.82, 2.24) is 14.9 Å². The molecule has 0 atom stereocenters. The topological polar surface area (TPSA) is 75.2 Å². The predicted octanol–water partition coefficient (Wildman–Crippen LogP) is 1.17. The molecule has 0 saturated heterocycles. The van der Waals surface area contributed by atoms with Crippen LogP contribution in [0.5, 0.6) is 0 Å². The molecule has 1 aromatic heterocycles. The number of benzene rings is 1. The van der Waals surface area contributed by atoms with E-state index in [9.17, 15) is 9.59 Å². The summed E-state index contributed by atoms with van der Waals surface area (Å²) in [4.78, 5) is 34.3. The number of aryl methyl sites for hydroxylation is 1. The number of nitrogens with zero attached hydrogens (tertiary/aromatic N) is 3. The molecule has 1 aliphatic rings. The first-order valence-electron chi connectivity index (χ1n) is 8.17. The molecule has 1 aromatic carbocycles. The largest absolute Gasteiger partial charge is 0.332 e. The molecule has 1 heterocycles. The summed E-state index contributed by atoms with van der Waals surface area (Å²) in [6.07, 6.45) is 5.37. The lowest BCUT2D eigenvalue weighted by molar-refractivity contribution is -0.116.